The number of benzene rings is 1. The van der Waals surface area contributed by atoms with Gasteiger partial charge in [0.15, 0.2) is 0 Å². The van der Waals surface area contributed by atoms with E-state index in [2.05, 4.69) is 27.8 Å². The first-order valence-corrected chi connectivity index (χ1v) is 10.4. The van der Waals surface area contributed by atoms with Crippen molar-refractivity contribution in [1.82, 2.24) is 15.5 Å². The zero-order valence-corrected chi connectivity index (χ0v) is 16.9. The van der Waals surface area contributed by atoms with E-state index in [1.165, 1.54) is 12.1 Å². The molecule has 2 amide bonds. The second-order valence-electron chi connectivity index (χ2n) is 8.69. The van der Waals surface area contributed by atoms with E-state index in [1.54, 1.807) is 0 Å². The topological polar surface area (TPSA) is 108 Å². The largest absolute Gasteiger partial charge is 0.416 e. The lowest BCUT2D eigenvalue weighted by Crippen LogP contribution is -2.54. The fourth-order valence-corrected chi connectivity index (χ4v) is 5.85. The number of halogens is 3. The monoisotopic (exact) mass is 426 g/mol. The van der Waals surface area contributed by atoms with Gasteiger partial charge in [-0.1, -0.05) is 6.07 Å². The van der Waals surface area contributed by atoms with Crippen molar-refractivity contribution in [2.24, 2.45) is 22.3 Å². The van der Waals surface area contributed by atoms with Crippen LogP contribution in [0.25, 0.3) is 0 Å². The molecule has 2 heterocycles. The number of piperidine rings is 2. The van der Waals surface area contributed by atoms with Gasteiger partial charge in [-0.25, -0.2) is 4.79 Å². The number of carbonyl (C=O) groups excluding carboxylic acids is 1. The standard InChI is InChI=1S/C20H29F3N6O/c1-12-19(15(25)26-8-3-7-24)11-18(19)6-9-29(12)16(18)28-17(30)27-14-5-2-4-13(10-14)20(21,22)23/h2,4-5,10,12,15-16,26H,3,6-9,11,24-25H2,1H3,(H2,27,28,30). The first-order chi connectivity index (χ1) is 14.2. The molecule has 1 saturated carbocycles. The van der Waals surface area contributed by atoms with E-state index in [0.717, 1.165) is 44.5 Å². The number of carbonyl (C=O) groups is 1. The number of rotatable bonds is 7. The molecule has 7 nitrogen and oxygen atoms in total. The van der Waals surface area contributed by atoms with Crippen LogP contribution in [-0.4, -0.2) is 48.9 Å². The van der Waals surface area contributed by atoms with Crippen LogP contribution in [0.1, 0.15) is 31.7 Å². The molecule has 3 fully saturated rings. The number of nitrogens with two attached hydrogens (primary N) is 2. The molecule has 2 saturated heterocycles. The molecule has 0 aromatic heterocycles. The molecule has 7 N–H and O–H groups in total. The number of anilines is 1. The molecule has 1 aliphatic carbocycles. The lowest BCUT2D eigenvalue weighted by molar-refractivity contribution is -0.137. The molecule has 10 heteroatoms. The molecule has 0 radical (unpaired) electrons. The van der Waals surface area contributed by atoms with Crippen molar-refractivity contribution >= 4 is 11.7 Å². The molecule has 2 aliphatic heterocycles. The number of nitrogens with zero attached hydrogens (tertiary/aromatic N) is 1. The Morgan fingerprint density at radius 1 is 1.40 bits per heavy atom. The summed E-state index contributed by atoms with van der Waals surface area (Å²) in [7, 11) is 0. The molecule has 2 bridgehead atoms. The van der Waals surface area contributed by atoms with Crippen LogP contribution in [0.3, 0.4) is 0 Å². The third-order valence-corrected chi connectivity index (χ3v) is 7.34. The highest BCUT2D eigenvalue weighted by atomic mass is 19.4. The Morgan fingerprint density at radius 3 is 2.87 bits per heavy atom. The minimum absolute atomic E-state index is 0.104. The second-order valence-corrected chi connectivity index (χ2v) is 8.69. The molecular formula is C20H29F3N6O. The summed E-state index contributed by atoms with van der Waals surface area (Å²) in [5.41, 5.74) is 11.2. The number of hydrogen-bond donors (Lipinski definition) is 5. The van der Waals surface area contributed by atoms with Crippen molar-refractivity contribution in [2.45, 2.75) is 50.7 Å². The summed E-state index contributed by atoms with van der Waals surface area (Å²) >= 11 is 0. The van der Waals surface area contributed by atoms with Gasteiger partial charge >= 0.3 is 12.2 Å². The average Bonchev–Trinajstić information content (AvgIpc) is 3.23. The summed E-state index contributed by atoms with van der Waals surface area (Å²) in [5, 5.41) is 8.93. The first kappa shape index (κ1) is 21.4. The van der Waals surface area contributed by atoms with Gasteiger partial charge in [-0.05, 0) is 57.5 Å². The van der Waals surface area contributed by atoms with Gasteiger partial charge in [0, 0.05) is 29.1 Å². The van der Waals surface area contributed by atoms with Crippen LogP contribution in [0, 0.1) is 10.8 Å². The Morgan fingerprint density at radius 2 is 2.17 bits per heavy atom. The minimum atomic E-state index is -4.46. The third-order valence-electron chi connectivity index (χ3n) is 7.34. The number of urea groups is 1. The molecule has 166 valence electrons. The Hall–Kier alpha value is -1.88. The van der Waals surface area contributed by atoms with E-state index < -0.39 is 17.8 Å². The zero-order valence-electron chi connectivity index (χ0n) is 16.9. The molecule has 4 rings (SSSR count). The quantitative estimate of drug-likeness (QED) is 0.338. The van der Waals surface area contributed by atoms with E-state index in [1.807, 2.05) is 0 Å². The van der Waals surface area contributed by atoms with Crippen molar-refractivity contribution in [1.29, 1.82) is 0 Å². The summed E-state index contributed by atoms with van der Waals surface area (Å²) < 4.78 is 38.7. The van der Waals surface area contributed by atoms with Crippen molar-refractivity contribution in [2.75, 3.05) is 25.0 Å². The zero-order chi connectivity index (χ0) is 21.7. The van der Waals surface area contributed by atoms with Crippen LogP contribution >= 0.6 is 0 Å². The normalized spacial score (nSPS) is 35.1. The van der Waals surface area contributed by atoms with Gasteiger partial charge < -0.3 is 27.4 Å². The smallest absolute Gasteiger partial charge is 0.330 e. The van der Waals surface area contributed by atoms with Gasteiger partial charge in [-0.2, -0.15) is 13.2 Å². The lowest BCUT2D eigenvalue weighted by Gasteiger charge is -2.35. The maximum absolute atomic E-state index is 12.9. The minimum Gasteiger partial charge on any atom is -0.330 e. The maximum atomic E-state index is 12.9. The fourth-order valence-electron chi connectivity index (χ4n) is 5.85. The van der Waals surface area contributed by atoms with Gasteiger partial charge in [0.25, 0.3) is 0 Å². The van der Waals surface area contributed by atoms with Gasteiger partial charge in [0.1, 0.15) is 0 Å². The van der Waals surface area contributed by atoms with Crippen molar-refractivity contribution in [3.63, 3.8) is 0 Å². The van der Waals surface area contributed by atoms with Crippen LogP contribution in [0.4, 0.5) is 23.7 Å². The van der Waals surface area contributed by atoms with E-state index in [4.69, 9.17) is 11.5 Å². The van der Waals surface area contributed by atoms with Crippen LogP contribution in [0.5, 0.6) is 0 Å². The Balaban J connectivity index is 1.43. The summed E-state index contributed by atoms with van der Waals surface area (Å²) in [6.07, 6.45) is -2.13. The molecule has 30 heavy (non-hydrogen) atoms. The van der Waals surface area contributed by atoms with Crippen molar-refractivity contribution in [3.05, 3.63) is 29.8 Å². The van der Waals surface area contributed by atoms with Gasteiger partial charge in [0.2, 0.25) is 0 Å². The molecular weight excluding hydrogens is 397 g/mol. The number of amides is 2. The molecule has 1 aromatic rings. The second kappa shape index (κ2) is 7.37. The van der Waals surface area contributed by atoms with Crippen LogP contribution < -0.4 is 27.4 Å². The highest BCUT2D eigenvalue weighted by Gasteiger charge is 2.83. The Kier molecular flexibility index (Phi) is 5.24. The summed E-state index contributed by atoms with van der Waals surface area (Å²) in [5.74, 6) is 0. The van der Waals surface area contributed by atoms with Gasteiger partial charge in [-0.15, -0.1) is 0 Å². The number of alkyl halides is 3. The predicted octanol–water partition coefficient (Wildman–Crippen LogP) is 1.86. The predicted molar refractivity (Wildman–Crippen MR) is 107 cm³/mol. The summed E-state index contributed by atoms with van der Waals surface area (Å²) in [4.78, 5) is 14.9. The first-order valence-electron chi connectivity index (χ1n) is 10.4. The van der Waals surface area contributed by atoms with E-state index in [0.29, 0.717) is 6.54 Å². The van der Waals surface area contributed by atoms with Crippen LogP contribution in [0.15, 0.2) is 24.3 Å². The number of nitrogens with one attached hydrogen (secondary N) is 3. The van der Waals surface area contributed by atoms with Gasteiger partial charge in [0.05, 0.1) is 17.9 Å². The maximum Gasteiger partial charge on any atom is 0.416 e. The highest BCUT2D eigenvalue weighted by Crippen LogP contribution is 2.78. The van der Waals surface area contributed by atoms with Crippen LogP contribution in [-0.2, 0) is 6.18 Å². The molecule has 6 unspecified atom stereocenters. The molecule has 1 aromatic carbocycles. The number of fused-ring (bicyclic) bond motifs is 1. The molecule has 6 atom stereocenters. The third kappa shape index (κ3) is 3.17. The Bertz CT molecular complexity index is 820. The van der Waals surface area contributed by atoms with E-state index in [-0.39, 0.29) is 34.9 Å². The summed E-state index contributed by atoms with van der Waals surface area (Å²) in [6, 6.07) is 4.32. The van der Waals surface area contributed by atoms with Crippen molar-refractivity contribution in [3.8, 4) is 0 Å². The molecule has 1 spiro atoms. The highest BCUT2D eigenvalue weighted by molar-refractivity contribution is 5.89. The van der Waals surface area contributed by atoms with Gasteiger partial charge in [-0.3, -0.25) is 4.90 Å². The van der Waals surface area contributed by atoms with E-state index in [9.17, 15) is 18.0 Å². The fraction of sp³-hybridized carbons (Fsp3) is 0.650. The lowest BCUT2D eigenvalue weighted by atomic mass is 9.83. The van der Waals surface area contributed by atoms with E-state index >= 15 is 0 Å². The average molecular weight is 426 g/mol. The number of hydrogen-bond acceptors (Lipinski definition) is 5. The SMILES string of the molecule is CC1N2CCC3(CC13C(N)NCCCN)C2NC(=O)Nc1cccc(C(F)(F)F)c1. The Labute approximate surface area is 173 Å². The molecule has 3 aliphatic rings. The van der Waals surface area contributed by atoms with Crippen LogP contribution in [0.2, 0.25) is 0 Å². The van der Waals surface area contributed by atoms with Crippen molar-refractivity contribution < 1.29 is 18.0 Å². The summed E-state index contributed by atoms with van der Waals surface area (Å²) in [6.45, 7) is 4.35.